The van der Waals surface area contributed by atoms with Gasteiger partial charge in [-0.2, -0.15) is 0 Å². The maximum atomic E-state index is 5.75. The third kappa shape index (κ3) is 1.76. The van der Waals surface area contributed by atoms with Gasteiger partial charge in [-0.25, -0.2) is 9.97 Å². The van der Waals surface area contributed by atoms with Gasteiger partial charge in [0.1, 0.15) is 18.0 Å². The minimum Gasteiger partial charge on any atom is -0.383 e. The van der Waals surface area contributed by atoms with E-state index in [4.69, 9.17) is 5.73 Å². The summed E-state index contributed by atoms with van der Waals surface area (Å²) >= 11 is 0. The van der Waals surface area contributed by atoms with Crippen molar-refractivity contribution in [2.45, 2.75) is 45.1 Å². The highest BCUT2D eigenvalue weighted by molar-refractivity contribution is 5.55. The summed E-state index contributed by atoms with van der Waals surface area (Å²) in [5.74, 6) is 1.46. The zero-order chi connectivity index (χ0) is 10.9. The van der Waals surface area contributed by atoms with Crippen molar-refractivity contribution in [1.82, 2.24) is 9.97 Å². The smallest absolute Gasteiger partial charge is 0.134 e. The molecule has 0 unspecified atom stereocenters. The van der Waals surface area contributed by atoms with Gasteiger partial charge in [-0.1, -0.05) is 6.92 Å². The third-order valence-corrected chi connectivity index (χ3v) is 3.49. The van der Waals surface area contributed by atoms with Gasteiger partial charge in [0.15, 0.2) is 0 Å². The van der Waals surface area contributed by atoms with E-state index >= 15 is 0 Å². The summed E-state index contributed by atoms with van der Waals surface area (Å²) in [5, 5.41) is 3.52. The molecule has 1 fully saturated rings. The van der Waals surface area contributed by atoms with Gasteiger partial charge in [0, 0.05) is 11.1 Å². The molecule has 4 nitrogen and oxygen atoms in total. The fourth-order valence-electron chi connectivity index (χ4n) is 2.01. The monoisotopic (exact) mass is 206 g/mol. The van der Waals surface area contributed by atoms with Gasteiger partial charge >= 0.3 is 0 Å². The molecule has 0 spiro atoms. The van der Waals surface area contributed by atoms with Crippen molar-refractivity contribution < 1.29 is 0 Å². The van der Waals surface area contributed by atoms with Gasteiger partial charge in [-0.05, 0) is 32.6 Å². The molecule has 0 saturated heterocycles. The number of hydrogen-bond donors (Lipinski definition) is 2. The van der Waals surface area contributed by atoms with Crippen LogP contribution in [0, 0.1) is 6.92 Å². The molecule has 1 heterocycles. The number of anilines is 2. The molecule has 0 atom stereocenters. The summed E-state index contributed by atoms with van der Waals surface area (Å²) < 4.78 is 0. The number of nitrogen functional groups attached to an aromatic ring is 1. The molecule has 0 amide bonds. The van der Waals surface area contributed by atoms with Gasteiger partial charge < -0.3 is 11.1 Å². The molecule has 1 aromatic rings. The number of nitrogens with two attached hydrogens (primary N) is 1. The molecular formula is C11H18N4. The van der Waals surface area contributed by atoms with Crippen LogP contribution in [0.25, 0.3) is 0 Å². The molecule has 0 bridgehead atoms. The van der Waals surface area contributed by atoms with Crippen molar-refractivity contribution in [1.29, 1.82) is 0 Å². The first-order chi connectivity index (χ1) is 7.17. The van der Waals surface area contributed by atoms with E-state index in [1.807, 2.05) is 6.92 Å². The first kappa shape index (κ1) is 10.2. The maximum absolute atomic E-state index is 5.75. The van der Waals surface area contributed by atoms with E-state index in [1.54, 1.807) is 0 Å². The summed E-state index contributed by atoms with van der Waals surface area (Å²) in [4.78, 5) is 8.22. The molecule has 0 radical (unpaired) electrons. The van der Waals surface area contributed by atoms with E-state index in [0.29, 0.717) is 5.82 Å². The Morgan fingerprint density at radius 1 is 1.47 bits per heavy atom. The van der Waals surface area contributed by atoms with Gasteiger partial charge in [0.05, 0.1) is 0 Å². The largest absolute Gasteiger partial charge is 0.383 e. The summed E-state index contributed by atoms with van der Waals surface area (Å²) in [6.45, 7) is 4.17. The van der Waals surface area contributed by atoms with Crippen molar-refractivity contribution in [2.24, 2.45) is 0 Å². The number of rotatable bonds is 3. The molecule has 82 valence electrons. The first-order valence-corrected chi connectivity index (χ1v) is 5.52. The van der Waals surface area contributed by atoms with Gasteiger partial charge in [-0.3, -0.25) is 0 Å². The molecule has 1 aromatic heterocycles. The normalized spacial score (nSPS) is 18.3. The lowest BCUT2D eigenvalue weighted by atomic mass is 9.75. The van der Waals surface area contributed by atoms with Crippen LogP contribution < -0.4 is 11.1 Å². The second-order valence-electron chi connectivity index (χ2n) is 4.34. The van der Waals surface area contributed by atoms with Crippen molar-refractivity contribution >= 4 is 11.6 Å². The fourth-order valence-corrected chi connectivity index (χ4v) is 2.01. The van der Waals surface area contributed by atoms with E-state index in [1.165, 1.54) is 25.6 Å². The molecule has 0 aliphatic heterocycles. The Kier molecular flexibility index (Phi) is 2.50. The predicted octanol–water partition coefficient (Wildman–Crippen LogP) is 2.11. The Labute approximate surface area is 90.3 Å². The zero-order valence-electron chi connectivity index (χ0n) is 9.38. The Balaban J connectivity index is 2.20. The van der Waals surface area contributed by atoms with E-state index in [2.05, 4.69) is 22.2 Å². The van der Waals surface area contributed by atoms with Gasteiger partial charge in [0.2, 0.25) is 0 Å². The van der Waals surface area contributed by atoms with Gasteiger partial charge in [-0.15, -0.1) is 0 Å². The van der Waals surface area contributed by atoms with E-state index < -0.39 is 0 Å². The van der Waals surface area contributed by atoms with Crippen molar-refractivity contribution in [3.63, 3.8) is 0 Å². The van der Waals surface area contributed by atoms with E-state index in [-0.39, 0.29) is 5.54 Å². The molecule has 0 aromatic carbocycles. The van der Waals surface area contributed by atoms with Crippen molar-refractivity contribution in [2.75, 3.05) is 11.1 Å². The van der Waals surface area contributed by atoms with Crippen LogP contribution in [0.4, 0.5) is 11.6 Å². The Morgan fingerprint density at radius 3 is 2.73 bits per heavy atom. The molecule has 2 rings (SSSR count). The van der Waals surface area contributed by atoms with E-state index in [9.17, 15) is 0 Å². The Morgan fingerprint density at radius 2 is 2.20 bits per heavy atom. The standard InChI is InChI=1S/C11H18N4/c1-3-11(5-4-6-11)15-10-8(2)9(12)13-7-14-10/h7H,3-6H2,1-2H3,(H3,12,13,14,15). The van der Waals surface area contributed by atoms with Gasteiger partial charge in [0.25, 0.3) is 0 Å². The molecule has 15 heavy (non-hydrogen) atoms. The highest BCUT2D eigenvalue weighted by Gasteiger charge is 2.35. The van der Waals surface area contributed by atoms with Crippen LogP contribution in [-0.2, 0) is 0 Å². The molecular weight excluding hydrogens is 188 g/mol. The first-order valence-electron chi connectivity index (χ1n) is 5.52. The molecule has 1 aliphatic rings. The number of hydrogen-bond acceptors (Lipinski definition) is 4. The summed E-state index contributed by atoms with van der Waals surface area (Å²) in [6, 6.07) is 0. The fraction of sp³-hybridized carbons (Fsp3) is 0.636. The van der Waals surface area contributed by atoms with Crippen LogP contribution in [0.1, 0.15) is 38.2 Å². The van der Waals surface area contributed by atoms with Crippen molar-refractivity contribution in [3.05, 3.63) is 11.9 Å². The number of nitrogens with zero attached hydrogens (tertiary/aromatic N) is 2. The molecule has 3 N–H and O–H groups in total. The average Bonchev–Trinajstić information content (AvgIpc) is 2.18. The lowest BCUT2D eigenvalue weighted by Crippen LogP contribution is -2.44. The summed E-state index contributed by atoms with van der Waals surface area (Å²) in [6.07, 6.45) is 6.42. The number of aromatic nitrogens is 2. The zero-order valence-corrected chi connectivity index (χ0v) is 9.38. The molecule has 4 heteroatoms. The summed E-state index contributed by atoms with van der Waals surface area (Å²) in [5.41, 5.74) is 6.96. The van der Waals surface area contributed by atoms with Crippen molar-refractivity contribution in [3.8, 4) is 0 Å². The molecule has 1 saturated carbocycles. The average molecular weight is 206 g/mol. The van der Waals surface area contributed by atoms with Crippen LogP contribution in [0.3, 0.4) is 0 Å². The topological polar surface area (TPSA) is 63.8 Å². The highest BCUT2D eigenvalue weighted by Crippen LogP contribution is 2.38. The SMILES string of the molecule is CCC1(Nc2ncnc(N)c2C)CCC1. The predicted molar refractivity (Wildman–Crippen MR) is 61.7 cm³/mol. The van der Waals surface area contributed by atoms with Crippen LogP contribution in [0.2, 0.25) is 0 Å². The van der Waals surface area contributed by atoms with Crippen LogP contribution in [0.15, 0.2) is 6.33 Å². The Hall–Kier alpha value is -1.32. The highest BCUT2D eigenvalue weighted by atomic mass is 15.1. The summed E-state index contributed by atoms with van der Waals surface area (Å²) in [7, 11) is 0. The van der Waals surface area contributed by atoms with E-state index in [0.717, 1.165) is 17.8 Å². The lowest BCUT2D eigenvalue weighted by Gasteiger charge is -2.42. The second kappa shape index (κ2) is 3.68. The second-order valence-corrected chi connectivity index (χ2v) is 4.34. The van der Waals surface area contributed by atoms with Crippen LogP contribution in [-0.4, -0.2) is 15.5 Å². The Bertz CT molecular complexity index is 352. The quantitative estimate of drug-likeness (QED) is 0.795. The van der Waals surface area contributed by atoms with Crippen LogP contribution in [0.5, 0.6) is 0 Å². The minimum absolute atomic E-state index is 0.256. The molecule has 1 aliphatic carbocycles. The third-order valence-electron chi connectivity index (χ3n) is 3.49. The minimum atomic E-state index is 0.256. The number of nitrogens with one attached hydrogen (secondary N) is 1. The van der Waals surface area contributed by atoms with Crippen LogP contribution >= 0.6 is 0 Å². The maximum Gasteiger partial charge on any atom is 0.134 e. The lowest BCUT2D eigenvalue weighted by molar-refractivity contribution is 0.268.